The van der Waals surface area contributed by atoms with Crippen LogP contribution in [-0.2, 0) is 20.9 Å². The minimum atomic E-state index is -1.36. The Bertz CT molecular complexity index is 920. The topological polar surface area (TPSA) is 92.8 Å². The molecule has 3 unspecified atom stereocenters. The molecule has 1 aromatic heterocycles. The van der Waals surface area contributed by atoms with Crippen LogP contribution in [0.4, 0.5) is 11.5 Å². The first-order valence-electron chi connectivity index (χ1n) is 11.7. The molecular formula is C22H35N5O4Si. The molecule has 0 radical (unpaired) electrons. The van der Waals surface area contributed by atoms with E-state index < -0.39 is 19.7 Å². The van der Waals surface area contributed by atoms with E-state index in [1.807, 2.05) is 21.7 Å². The largest absolute Gasteiger partial charge is 0.361 e. The van der Waals surface area contributed by atoms with Crippen LogP contribution in [0.3, 0.4) is 0 Å². The smallest absolute Gasteiger partial charge is 0.240 e. The molecule has 2 fully saturated rings. The number of aliphatic hydroxyl groups is 1. The minimum absolute atomic E-state index is 0.109. The number of amidine groups is 1. The van der Waals surface area contributed by atoms with E-state index in [0.717, 1.165) is 37.0 Å². The molecule has 1 spiro atoms. The predicted molar refractivity (Wildman–Crippen MR) is 126 cm³/mol. The van der Waals surface area contributed by atoms with E-state index in [4.69, 9.17) is 14.2 Å². The van der Waals surface area contributed by atoms with Crippen molar-refractivity contribution in [2.75, 3.05) is 24.7 Å². The van der Waals surface area contributed by atoms with Crippen molar-refractivity contribution in [3.05, 3.63) is 12.3 Å². The van der Waals surface area contributed by atoms with Crippen molar-refractivity contribution < 1.29 is 19.3 Å². The van der Waals surface area contributed by atoms with Gasteiger partial charge in [-0.2, -0.15) is 5.10 Å². The Morgan fingerprint density at radius 3 is 2.78 bits per heavy atom. The summed E-state index contributed by atoms with van der Waals surface area (Å²) in [4.78, 5) is 6.50. The lowest BCUT2D eigenvalue weighted by molar-refractivity contribution is -0.160. The average molecular weight is 462 g/mol. The lowest BCUT2D eigenvalue weighted by Gasteiger charge is -2.41. The molecule has 0 aromatic carbocycles. The maximum absolute atomic E-state index is 12.0. The molecule has 3 aliphatic heterocycles. The highest BCUT2D eigenvalue weighted by Crippen LogP contribution is 2.52. The highest BCUT2D eigenvalue weighted by molar-refractivity contribution is 6.76. The molecule has 2 N–H and O–H groups in total. The van der Waals surface area contributed by atoms with Gasteiger partial charge in [0, 0.05) is 39.6 Å². The van der Waals surface area contributed by atoms with Crippen LogP contribution < -0.4 is 10.3 Å². The molecule has 0 amide bonds. The van der Waals surface area contributed by atoms with Crippen LogP contribution in [0.5, 0.6) is 0 Å². The van der Waals surface area contributed by atoms with Crippen molar-refractivity contribution in [3.8, 4) is 0 Å². The summed E-state index contributed by atoms with van der Waals surface area (Å²) >= 11 is 0. The number of hydrogen-bond donors (Lipinski definition) is 2. The fourth-order valence-corrected chi connectivity index (χ4v) is 6.10. The van der Waals surface area contributed by atoms with Crippen LogP contribution in [0, 0.1) is 11.8 Å². The van der Waals surface area contributed by atoms with Gasteiger partial charge in [0.1, 0.15) is 6.73 Å². The second-order valence-electron chi connectivity index (χ2n) is 10.5. The zero-order valence-electron chi connectivity index (χ0n) is 19.5. The summed E-state index contributed by atoms with van der Waals surface area (Å²) in [5.74, 6) is -0.429. The number of fused-ring (bicyclic) bond motifs is 3. The monoisotopic (exact) mass is 461 g/mol. The third-order valence-electron chi connectivity index (χ3n) is 7.12. The van der Waals surface area contributed by atoms with Gasteiger partial charge >= 0.3 is 0 Å². The Kier molecular flexibility index (Phi) is 5.48. The molecule has 3 atom stereocenters. The minimum Gasteiger partial charge on any atom is -0.361 e. The van der Waals surface area contributed by atoms with Crippen molar-refractivity contribution >= 4 is 31.6 Å². The Morgan fingerprint density at radius 2 is 2.06 bits per heavy atom. The van der Waals surface area contributed by atoms with Gasteiger partial charge in [0.2, 0.25) is 5.85 Å². The van der Waals surface area contributed by atoms with E-state index in [2.05, 4.69) is 42.1 Å². The summed E-state index contributed by atoms with van der Waals surface area (Å²) in [6.45, 7) is 11.6. The maximum Gasteiger partial charge on any atom is 0.240 e. The molecule has 32 heavy (non-hydrogen) atoms. The highest BCUT2D eigenvalue weighted by atomic mass is 28.3. The number of nitrogens with zero attached hydrogens (tertiary/aromatic N) is 4. The van der Waals surface area contributed by atoms with Gasteiger partial charge in [0.25, 0.3) is 0 Å². The number of anilines is 1. The summed E-state index contributed by atoms with van der Waals surface area (Å²) in [6, 6.07) is 3.10. The zero-order valence-corrected chi connectivity index (χ0v) is 20.5. The molecule has 1 aliphatic carbocycles. The second-order valence-corrected chi connectivity index (χ2v) is 16.2. The molecule has 4 heterocycles. The van der Waals surface area contributed by atoms with E-state index in [9.17, 15) is 5.11 Å². The van der Waals surface area contributed by atoms with E-state index in [0.29, 0.717) is 32.2 Å². The van der Waals surface area contributed by atoms with Gasteiger partial charge in [-0.25, -0.2) is 4.99 Å². The van der Waals surface area contributed by atoms with E-state index in [-0.39, 0.29) is 11.8 Å². The summed E-state index contributed by atoms with van der Waals surface area (Å²) in [6.07, 6.45) is 6.02. The maximum atomic E-state index is 12.0. The Labute approximate surface area is 190 Å². The van der Waals surface area contributed by atoms with Gasteiger partial charge in [0.05, 0.1) is 25.1 Å². The van der Waals surface area contributed by atoms with Gasteiger partial charge in [-0.05, 0) is 18.0 Å². The van der Waals surface area contributed by atoms with Crippen molar-refractivity contribution in [1.82, 2.24) is 9.99 Å². The average Bonchev–Trinajstić information content (AvgIpc) is 3.52. The van der Waals surface area contributed by atoms with Gasteiger partial charge < -0.3 is 23.9 Å². The Balaban J connectivity index is 1.37. The van der Waals surface area contributed by atoms with E-state index in [1.54, 1.807) is 6.21 Å². The van der Waals surface area contributed by atoms with Crippen LogP contribution in [0.15, 0.2) is 22.4 Å². The standard InChI is InChI=1S/C22H35N5O4Si/c1-5-16-12-21(30-8-9-31-21)13-17(16)22(28)25-24-19-14-23-20-18(27(19)22)6-7-26(20)15-29-10-11-32(2,3)4/h6-7,14,16-17,25,28H,5,8-13,15H2,1-4H3. The normalized spacial score (nSPS) is 30.5. The Morgan fingerprint density at radius 1 is 1.28 bits per heavy atom. The van der Waals surface area contributed by atoms with Crippen LogP contribution in [0.25, 0.3) is 0 Å². The first-order valence-corrected chi connectivity index (χ1v) is 15.4. The van der Waals surface area contributed by atoms with Crippen molar-refractivity contribution in [2.45, 2.75) is 70.2 Å². The first-order chi connectivity index (χ1) is 15.2. The molecule has 9 nitrogen and oxygen atoms in total. The van der Waals surface area contributed by atoms with Crippen LogP contribution in [0.2, 0.25) is 25.7 Å². The highest BCUT2D eigenvalue weighted by Gasteiger charge is 2.60. The van der Waals surface area contributed by atoms with Crippen LogP contribution in [0.1, 0.15) is 26.2 Å². The molecule has 10 heteroatoms. The predicted octanol–water partition coefficient (Wildman–Crippen LogP) is 3.06. The molecule has 5 rings (SSSR count). The molecule has 1 saturated carbocycles. The molecular weight excluding hydrogens is 426 g/mol. The van der Waals surface area contributed by atoms with Gasteiger partial charge in [-0.15, -0.1) is 0 Å². The summed E-state index contributed by atoms with van der Waals surface area (Å²) in [7, 11) is -1.13. The summed E-state index contributed by atoms with van der Waals surface area (Å²) in [5.41, 5.74) is 3.87. The number of hydrazone groups is 1. The third kappa shape index (κ3) is 3.71. The second kappa shape index (κ2) is 7.95. The number of aromatic nitrogens is 1. The lowest BCUT2D eigenvalue weighted by atomic mass is 9.88. The molecule has 1 saturated heterocycles. The fourth-order valence-electron chi connectivity index (χ4n) is 5.35. The number of nitrogens with one attached hydrogen (secondary N) is 1. The molecule has 4 aliphatic rings. The number of hydrogen-bond acceptors (Lipinski definition) is 8. The summed E-state index contributed by atoms with van der Waals surface area (Å²) in [5, 5.41) is 16.4. The molecule has 1 aromatic rings. The lowest BCUT2D eigenvalue weighted by Crippen LogP contribution is -2.61. The van der Waals surface area contributed by atoms with Gasteiger partial charge in [0.15, 0.2) is 17.4 Å². The van der Waals surface area contributed by atoms with E-state index in [1.165, 1.54) is 0 Å². The molecule has 0 bridgehead atoms. The van der Waals surface area contributed by atoms with Gasteiger partial charge in [-0.3, -0.25) is 10.3 Å². The van der Waals surface area contributed by atoms with Gasteiger partial charge in [-0.1, -0.05) is 33.0 Å². The third-order valence-corrected chi connectivity index (χ3v) is 8.82. The van der Waals surface area contributed by atoms with Crippen molar-refractivity contribution in [1.29, 1.82) is 0 Å². The SMILES string of the molecule is CCC1CC2(CC1C1(O)NN=C3C=Nc4c(ccn4COCC[Si](C)(C)C)N31)OCCO2. The molecule has 176 valence electrons. The fraction of sp³-hybridized carbons (Fsp3) is 0.727. The first kappa shape index (κ1) is 22.1. The number of ether oxygens (including phenoxy) is 3. The van der Waals surface area contributed by atoms with E-state index >= 15 is 0 Å². The zero-order chi connectivity index (χ0) is 22.6. The Hall–Kier alpha value is -1.72. The quantitative estimate of drug-likeness (QED) is 0.479. The number of aliphatic imine (C=N–C) groups is 1. The van der Waals surface area contributed by atoms with Crippen LogP contribution in [-0.4, -0.2) is 61.3 Å². The van der Waals surface area contributed by atoms with Crippen molar-refractivity contribution in [3.63, 3.8) is 0 Å². The number of rotatable bonds is 7. The van der Waals surface area contributed by atoms with Crippen LogP contribution >= 0.6 is 0 Å². The summed E-state index contributed by atoms with van der Waals surface area (Å²) < 4.78 is 19.9. The van der Waals surface area contributed by atoms with Crippen molar-refractivity contribution in [2.24, 2.45) is 21.9 Å².